The molecular formula is C30H32N2O2. The van der Waals surface area contributed by atoms with Gasteiger partial charge in [-0.1, -0.05) is 56.0 Å². The van der Waals surface area contributed by atoms with Gasteiger partial charge < -0.3 is 10.0 Å². The average Bonchev–Trinajstić information content (AvgIpc) is 3.19. The van der Waals surface area contributed by atoms with Crippen molar-refractivity contribution in [3.8, 4) is 0 Å². The summed E-state index contributed by atoms with van der Waals surface area (Å²) in [5.74, 6) is -0.314. The van der Waals surface area contributed by atoms with Crippen LogP contribution in [0, 0.1) is 0 Å². The molecule has 0 bridgehead atoms. The minimum Gasteiger partial charge on any atom is -0.871 e. The van der Waals surface area contributed by atoms with Gasteiger partial charge in [0.2, 0.25) is 5.69 Å². The largest absolute Gasteiger partial charge is 0.871 e. The molecule has 2 aliphatic heterocycles. The Bertz CT molecular complexity index is 1350. The zero-order valence-corrected chi connectivity index (χ0v) is 20.9. The van der Waals surface area contributed by atoms with Crippen molar-refractivity contribution in [1.82, 2.24) is 0 Å². The average molecular weight is 453 g/mol. The number of benzene rings is 2. The fraction of sp³-hybridized carbons (Fsp3) is 0.333. The number of allylic oxidation sites excluding steroid dienone is 5. The van der Waals surface area contributed by atoms with Gasteiger partial charge in [0.1, 0.15) is 6.54 Å². The van der Waals surface area contributed by atoms with Crippen molar-refractivity contribution < 1.29 is 14.5 Å². The summed E-state index contributed by atoms with van der Waals surface area (Å²) < 4.78 is 2.22. The van der Waals surface area contributed by atoms with Crippen LogP contribution in [-0.2, 0) is 15.6 Å². The van der Waals surface area contributed by atoms with Gasteiger partial charge in [0.05, 0.1) is 5.41 Å². The molecule has 3 aliphatic rings. The number of hydrogen-bond acceptors (Lipinski definition) is 3. The van der Waals surface area contributed by atoms with E-state index in [9.17, 15) is 9.90 Å². The van der Waals surface area contributed by atoms with Crippen molar-refractivity contribution in [1.29, 1.82) is 0 Å². The van der Waals surface area contributed by atoms with Crippen molar-refractivity contribution in [2.75, 3.05) is 18.0 Å². The van der Waals surface area contributed by atoms with E-state index in [4.69, 9.17) is 0 Å². The van der Waals surface area contributed by atoms with Crippen molar-refractivity contribution in [2.45, 2.75) is 52.4 Å². The van der Waals surface area contributed by atoms with E-state index in [0.29, 0.717) is 0 Å². The number of carbonyl (C=O) groups excluding carboxylic acids is 1. The molecule has 0 atom stereocenters. The molecule has 0 radical (unpaired) electrons. The Morgan fingerprint density at radius 2 is 1.56 bits per heavy atom. The first-order valence-corrected chi connectivity index (χ1v) is 12.2. The maximum atomic E-state index is 13.3. The number of nitrogens with zero attached hydrogens (tertiary/aromatic N) is 2. The van der Waals surface area contributed by atoms with E-state index in [2.05, 4.69) is 75.3 Å². The molecule has 4 heteroatoms. The van der Waals surface area contributed by atoms with E-state index >= 15 is 0 Å². The van der Waals surface area contributed by atoms with Crippen LogP contribution in [0.15, 0.2) is 83.3 Å². The summed E-state index contributed by atoms with van der Waals surface area (Å²) in [5.41, 5.74) is 6.77. The molecule has 34 heavy (non-hydrogen) atoms. The van der Waals surface area contributed by atoms with Gasteiger partial charge in [-0.3, -0.25) is 4.79 Å². The number of carbonyl (C=O) groups is 1. The minimum absolute atomic E-state index is 0.157. The number of fused-ring (bicyclic) bond motifs is 2. The van der Waals surface area contributed by atoms with Crippen molar-refractivity contribution in [3.63, 3.8) is 0 Å². The topological polar surface area (TPSA) is 46.4 Å². The molecule has 0 N–H and O–H groups in total. The highest BCUT2D eigenvalue weighted by Crippen LogP contribution is 2.48. The monoisotopic (exact) mass is 452 g/mol. The SMILES string of the molecule is CCN1/C(=C\C2=C([O-])C(=C/C3=[N+](CC)c4ccccc4C3(C)C)/C2=O)C(C)(C)c2ccccc21. The van der Waals surface area contributed by atoms with Gasteiger partial charge in [-0.25, -0.2) is 0 Å². The maximum Gasteiger partial charge on any atom is 0.209 e. The highest BCUT2D eigenvalue weighted by molar-refractivity contribution is 6.24. The smallest absolute Gasteiger partial charge is 0.209 e. The third-order valence-electron chi connectivity index (χ3n) is 7.77. The zero-order chi connectivity index (χ0) is 24.4. The lowest BCUT2D eigenvalue weighted by Gasteiger charge is -2.32. The first-order valence-electron chi connectivity index (χ1n) is 12.2. The van der Waals surface area contributed by atoms with Crippen LogP contribution in [0.5, 0.6) is 0 Å². The molecule has 2 aromatic rings. The number of para-hydroxylation sites is 2. The van der Waals surface area contributed by atoms with Crippen LogP contribution in [0.1, 0.15) is 52.7 Å². The summed E-state index contributed by atoms with van der Waals surface area (Å²) >= 11 is 0. The van der Waals surface area contributed by atoms with E-state index < -0.39 is 0 Å². The first kappa shape index (κ1) is 22.4. The van der Waals surface area contributed by atoms with E-state index in [1.807, 2.05) is 36.4 Å². The van der Waals surface area contributed by atoms with Crippen LogP contribution < -0.4 is 10.0 Å². The molecule has 0 amide bonds. The molecule has 0 saturated carbocycles. The van der Waals surface area contributed by atoms with E-state index in [0.717, 1.165) is 35.9 Å². The first-order chi connectivity index (χ1) is 16.1. The second-order valence-corrected chi connectivity index (χ2v) is 10.3. The lowest BCUT2D eigenvalue weighted by molar-refractivity contribution is -0.433. The fourth-order valence-corrected chi connectivity index (χ4v) is 5.85. The summed E-state index contributed by atoms with van der Waals surface area (Å²) in [6.07, 6.45) is 3.67. The standard InChI is InChI=1S/C30H32N2O2/c1-7-31-23-15-11-9-13-21(23)29(3,4)25(31)17-19-27(33)20(28(19)34)18-26-30(5,6)22-14-10-12-16-24(22)32(26)8-2/h9-18H,7-8H2,1-6H3. The summed E-state index contributed by atoms with van der Waals surface area (Å²) in [4.78, 5) is 15.5. The van der Waals surface area contributed by atoms with Gasteiger partial charge in [0, 0.05) is 52.2 Å². The summed E-state index contributed by atoms with van der Waals surface area (Å²) in [5, 5.41) is 13.3. The van der Waals surface area contributed by atoms with Crippen LogP contribution in [0.4, 0.5) is 11.4 Å². The third kappa shape index (κ3) is 2.91. The second kappa shape index (κ2) is 7.56. The highest BCUT2D eigenvalue weighted by Gasteiger charge is 2.45. The Labute approximate surface area is 202 Å². The molecule has 174 valence electrons. The molecule has 0 unspecified atom stereocenters. The molecule has 0 fully saturated rings. The Hall–Kier alpha value is -3.40. The quantitative estimate of drug-likeness (QED) is 0.489. The molecule has 0 saturated heterocycles. The molecule has 0 spiro atoms. The van der Waals surface area contributed by atoms with Gasteiger partial charge in [-0.2, -0.15) is 4.58 Å². The summed E-state index contributed by atoms with van der Waals surface area (Å²) in [7, 11) is 0. The molecule has 1 aliphatic carbocycles. The van der Waals surface area contributed by atoms with Crippen LogP contribution >= 0.6 is 0 Å². The van der Waals surface area contributed by atoms with Crippen LogP contribution in [0.3, 0.4) is 0 Å². The van der Waals surface area contributed by atoms with Crippen LogP contribution in [0.25, 0.3) is 0 Å². The van der Waals surface area contributed by atoms with E-state index in [1.165, 1.54) is 11.1 Å². The van der Waals surface area contributed by atoms with Gasteiger partial charge in [-0.15, -0.1) is 0 Å². The van der Waals surface area contributed by atoms with Crippen molar-refractivity contribution in [3.05, 3.63) is 94.4 Å². The predicted molar refractivity (Wildman–Crippen MR) is 136 cm³/mol. The van der Waals surface area contributed by atoms with Gasteiger partial charge in [0.25, 0.3) is 0 Å². The molecule has 4 nitrogen and oxygen atoms in total. The van der Waals surface area contributed by atoms with Crippen molar-refractivity contribution in [2.24, 2.45) is 0 Å². The van der Waals surface area contributed by atoms with E-state index in [1.54, 1.807) is 0 Å². The Kier molecular flexibility index (Phi) is 4.98. The lowest BCUT2D eigenvalue weighted by atomic mass is 9.77. The predicted octanol–water partition coefficient (Wildman–Crippen LogP) is 4.91. The number of Topliss-reactive ketones (excluding diaryl/α,β-unsaturated/α-hetero) is 1. The van der Waals surface area contributed by atoms with Gasteiger partial charge in [-0.05, 0) is 45.4 Å². The number of likely N-dealkylation sites (N-methyl/N-ethyl adjacent to an activating group) is 1. The maximum absolute atomic E-state index is 13.3. The second-order valence-electron chi connectivity index (χ2n) is 10.3. The molecule has 0 aromatic heterocycles. The summed E-state index contributed by atoms with van der Waals surface area (Å²) in [6, 6.07) is 16.6. The van der Waals surface area contributed by atoms with Gasteiger partial charge >= 0.3 is 0 Å². The Morgan fingerprint density at radius 3 is 2.21 bits per heavy atom. The van der Waals surface area contributed by atoms with E-state index in [-0.39, 0.29) is 33.5 Å². The number of anilines is 1. The van der Waals surface area contributed by atoms with Crippen LogP contribution in [0.2, 0.25) is 0 Å². The third-order valence-corrected chi connectivity index (χ3v) is 7.77. The normalized spacial score (nSPS) is 22.5. The number of ketones is 1. The molecular weight excluding hydrogens is 420 g/mol. The lowest BCUT2D eigenvalue weighted by Crippen LogP contribution is -2.35. The highest BCUT2D eigenvalue weighted by atomic mass is 16.3. The Morgan fingerprint density at radius 1 is 0.912 bits per heavy atom. The molecule has 5 rings (SSSR count). The molecule has 2 aromatic carbocycles. The van der Waals surface area contributed by atoms with Crippen LogP contribution in [-0.4, -0.2) is 29.2 Å². The minimum atomic E-state index is -0.275. The Balaban J connectivity index is 1.58. The van der Waals surface area contributed by atoms with Gasteiger partial charge in [0.15, 0.2) is 11.5 Å². The molecule has 2 heterocycles. The number of hydrogen-bond donors (Lipinski definition) is 0. The van der Waals surface area contributed by atoms with Crippen molar-refractivity contribution >= 4 is 22.9 Å². The summed E-state index contributed by atoms with van der Waals surface area (Å²) in [6.45, 7) is 14.4. The zero-order valence-electron chi connectivity index (χ0n) is 20.9. The fourth-order valence-electron chi connectivity index (χ4n) is 5.85. The number of rotatable bonds is 4.